The van der Waals surface area contributed by atoms with Crippen LogP contribution in [0.5, 0.6) is 0 Å². The second-order valence-corrected chi connectivity index (χ2v) is 5.56. The summed E-state index contributed by atoms with van der Waals surface area (Å²) in [7, 11) is 3.67. The number of rotatable bonds is 2. The van der Waals surface area contributed by atoms with E-state index in [1.807, 2.05) is 24.0 Å². The fourth-order valence-corrected chi connectivity index (χ4v) is 2.93. The average molecular weight is 264 g/mol. The third-order valence-corrected chi connectivity index (χ3v) is 4.23. The number of hydroxylamine groups is 2. The summed E-state index contributed by atoms with van der Waals surface area (Å²) in [4.78, 5) is 19.8. The Kier molecular flexibility index (Phi) is 3.06. The number of aryl methyl sites for hydroxylation is 1. The molecule has 0 aromatic carbocycles. The molecule has 0 unspecified atom stereocenters. The van der Waals surface area contributed by atoms with Gasteiger partial charge in [0.25, 0.3) is 0 Å². The number of nitrogens with zero attached hydrogens (tertiary/aromatic N) is 4. The van der Waals surface area contributed by atoms with Gasteiger partial charge in [-0.1, -0.05) is 0 Å². The lowest BCUT2D eigenvalue weighted by Gasteiger charge is -2.37. The van der Waals surface area contributed by atoms with Gasteiger partial charge < -0.3 is 0 Å². The highest BCUT2D eigenvalue weighted by Crippen LogP contribution is 2.35. The number of hydrogen-bond acceptors (Lipinski definition) is 4. The summed E-state index contributed by atoms with van der Waals surface area (Å²) in [5, 5.41) is 5.59. The first kappa shape index (κ1) is 12.6. The maximum absolute atomic E-state index is 11.6. The van der Waals surface area contributed by atoms with Crippen molar-refractivity contribution in [2.75, 3.05) is 20.1 Å². The highest BCUT2D eigenvalue weighted by molar-refractivity contribution is 5.77. The monoisotopic (exact) mass is 264 g/mol. The summed E-state index contributed by atoms with van der Waals surface area (Å²) >= 11 is 0. The molecule has 0 saturated carbocycles. The van der Waals surface area contributed by atoms with Crippen molar-refractivity contribution in [3.05, 3.63) is 18.0 Å². The van der Waals surface area contributed by atoms with E-state index in [1.54, 1.807) is 7.05 Å². The van der Waals surface area contributed by atoms with Crippen LogP contribution in [0, 0.1) is 0 Å². The van der Waals surface area contributed by atoms with Crippen LogP contribution in [0.25, 0.3) is 0 Å². The second-order valence-electron chi connectivity index (χ2n) is 5.56. The van der Waals surface area contributed by atoms with Gasteiger partial charge in [-0.3, -0.25) is 19.2 Å². The first-order valence-electron chi connectivity index (χ1n) is 6.73. The van der Waals surface area contributed by atoms with Crippen LogP contribution in [0.4, 0.5) is 0 Å². The van der Waals surface area contributed by atoms with E-state index >= 15 is 0 Å². The molecule has 19 heavy (non-hydrogen) atoms. The topological polar surface area (TPSA) is 50.6 Å². The first-order chi connectivity index (χ1) is 9.08. The summed E-state index contributed by atoms with van der Waals surface area (Å²) < 4.78 is 1.91. The van der Waals surface area contributed by atoms with Crippen molar-refractivity contribution in [1.29, 1.82) is 0 Å². The first-order valence-corrected chi connectivity index (χ1v) is 6.73. The van der Waals surface area contributed by atoms with Crippen molar-refractivity contribution in [1.82, 2.24) is 19.7 Å². The zero-order valence-electron chi connectivity index (χ0n) is 11.5. The van der Waals surface area contributed by atoms with Gasteiger partial charge in [0.05, 0.1) is 12.1 Å². The van der Waals surface area contributed by atoms with Crippen LogP contribution in [0.1, 0.15) is 25.0 Å². The van der Waals surface area contributed by atoms with Gasteiger partial charge in [0.1, 0.15) is 5.60 Å². The van der Waals surface area contributed by atoms with E-state index in [0.717, 1.165) is 32.5 Å². The fourth-order valence-electron chi connectivity index (χ4n) is 2.93. The lowest BCUT2D eigenvalue weighted by atomic mass is 9.88. The Balaban J connectivity index is 1.58. The van der Waals surface area contributed by atoms with E-state index in [1.165, 1.54) is 10.8 Å². The molecule has 1 amide bonds. The van der Waals surface area contributed by atoms with Crippen molar-refractivity contribution in [2.45, 2.75) is 31.4 Å². The van der Waals surface area contributed by atoms with Crippen molar-refractivity contribution >= 4 is 5.91 Å². The summed E-state index contributed by atoms with van der Waals surface area (Å²) in [6, 6.07) is 2.05. The van der Waals surface area contributed by atoms with Crippen LogP contribution >= 0.6 is 0 Å². The van der Waals surface area contributed by atoms with E-state index in [-0.39, 0.29) is 11.5 Å². The molecule has 2 aliphatic heterocycles. The quantitative estimate of drug-likeness (QED) is 0.782. The van der Waals surface area contributed by atoms with Crippen molar-refractivity contribution in [3.8, 4) is 0 Å². The van der Waals surface area contributed by atoms with Crippen LogP contribution in [0.15, 0.2) is 12.3 Å². The molecule has 0 bridgehead atoms. The third kappa shape index (κ3) is 2.37. The van der Waals surface area contributed by atoms with E-state index in [0.29, 0.717) is 6.42 Å². The predicted octanol–water partition coefficient (Wildman–Crippen LogP) is 0.548. The van der Waals surface area contributed by atoms with E-state index in [4.69, 9.17) is 4.84 Å². The molecular weight excluding hydrogens is 244 g/mol. The highest BCUT2D eigenvalue weighted by Gasteiger charge is 2.45. The van der Waals surface area contributed by atoms with Gasteiger partial charge in [0, 0.05) is 39.9 Å². The SMILES string of the molecule is CN1OC2(CCN(Cc3ccnn3C)CC2)CC1=O. The Morgan fingerprint density at radius 1 is 1.37 bits per heavy atom. The third-order valence-electron chi connectivity index (χ3n) is 4.23. The number of hydrogen-bond donors (Lipinski definition) is 0. The molecule has 104 valence electrons. The second kappa shape index (κ2) is 4.61. The van der Waals surface area contributed by atoms with Crippen LogP contribution in [0.3, 0.4) is 0 Å². The van der Waals surface area contributed by atoms with E-state index < -0.39 is 0 Å². The zero-order valence-corrected chi connectivity index (χ0v) is 11.5. The van der Waals surface area contributed by atoms with Crippen molar-refractivity contribution < 1.29 is 9.63 Å². The number of amides is 1. The molecule has 1 aromatic rings. The van der Waals surface area contributed by atoms with Gasteiger partial charge in [-0.25, -0.2) is 5.06 Å². The lowest BCUT2D eigenvalue weighted by Crippen LogP contribution is -2.44. The minimum Gasteiger partial charge on any atom is -0.297 e. The van der Waals surface area contributed by atoms with Crippen molar-refractivity contribution in [3.63, 3.8) is 0 Å². The van der Waals surface area contributed by atoms with Gasteiger partial charge in [-0.15, -0.1) is 0 Å². The molecule has 2 fully saturated rings. The maximum atomic E-state index is 11.6. The Morgan fingerprint density at radius 3 is 2.63 bits per heavy atom. The minimum absolute atomic E-state index is 0.0973. The molecular formula is C13H20N4O2. The molecule has 2 saturated heterocycles. The molecule has 1 aromatic heterocycles. The van der Waals surface area contributed by atoms with Crippen molar-refractivity contribution in [2.24, 2.45) is 7.05 Å². The predicted molar refractivity (Wildman–Crippen MR) is 68.9 cm³/mol. The Bertz CT molecular complexity index is 477. The normalized spacial score (nSPS) is 23.5. The minimum atomic E-state index is -0.241. The lowest BCUT2D eigenvalue weighted by molar-refractivity contribution is -0.199. The summed E-state index contributed by atoms with van der Waals surface area (Å²) in [6.45, 7) is 2.84. The van der Waals surface area contributed by atoms with Crippen LogP contribution in [-0.2, 0) is 23.2 Å². The van der Waals surface area contributed by atoms with Gasteiger partial charge >= 0.3 is 0 Å². The Morgan fingerprint density at radius 2 is 2.11 bits per heavy atom. The maximum Gasteiger partial charge on any atom is 0.248 e. The molecule has 0 radical (unpaired) electrons. The molecule has 6 heteroatoms. The smallest absolute Gasteiger partial charge is 0.248 e. The summed E-state index contributed by atoms with van der Waals surface area (Å²) in [6.07, 6.45) is 4.19. The summed E-state index contributed by atoms with van der Waals surface area (Å²) in [5.41, 5.74) is 0.978. The van der Waals surface area contributed by atoms with Crippen LogP contribution < -0.4 is 0 Å². The zero-order chi connectivity index (χ0) is 13.5. The summed E-state index contributed by atoms with van der Waals surface area (Å²) in [5.74, 6) is 0.0973. The fraction of sp³-hybridized carbons (Fsp3) is 0.692. The molecule has 6 nitrogen and oxygen atoms in total. The highest BCUT2D eigenvalue weighted by atomic mass is 16.7. The Labute approximate surface area is 112 Å². The number of piperidine rings is 1. The standard InChI is InChI=1S/C13H20N4O2/c1-15-11(3-6-14-15)10-17-7-4-13(5-8-17)9-12(18)16(2)19-13/h3,6H,4-5,7-10H2,1-2H3. The number of carbonyl (C=O) groups is 1. The molecule has 0 aliphatic carbocycles. The number of aromatic nitrogens is 2. The van der Waals surface area contributed by atoms with Crippen LogP contribution in [-0.4, -0.2) is 51.4 Å². The van der Waals surface area contributed by atoms with E-state index in [2.05, 4.69) is 10.00 Å². The largest absolute Gasteiger partial charge is 0.297 e. The number of carbonyl (C=O) groups excluding carboxylic acids is 1. The van der Waals surface area contributed by atoms with Gasteiger partial charge in [0.2, 0.25) is 5.91 Å². The Hall–Kier alpha value is -1.40. The molecule has 0 N–H and O–H groups in total. The molecule has 1 spiro atoms. The van der Waals surface area contributed by atoms with E-state index in [9.17, 15) is 4.79 Å². The van der Waals surface area contributed by atoms with Crippen LogP contribution in [0.2, 0.25) is 0 Å². The number of likely N-dealkylation sites (tertiary alicyclic amines) is 1. The molecule has 2 aliphatic rings. The molecule has 3 heterocycles. The molecule has 3 rings (SSSR count). The molecule has 0 atom stereocenters. The van der Waals surface area contributed by atoms with Gasteiger partial charge in [0.15, 0.2) is 0 Å². The van der Waals surface area contributed by atoms with Gasteiger partial charge in [-0.2, -0.15) is 5.10 Å². The van der Waals surface area contributed by atoms with Gasteiger partial charge in [-0.05, 0) is 18.9 Å². The average Bonchev–Trinajstić information content (AvgIpc) is 2.89.